The van der Waals surface area contributed by atoms with Gasteiger partial charge in [-0.15, -0.1) is 0 Å². The fourth-order valence-electron chi connectivity index (χ4n) is 3.77. The summed E-state index contributed by atoms with van der Waals surface area (Å²) in [4.78, 5) is 11.3. The number of morpholine rings is 1. The molecule has 2 aromatic carbocycles. The van der Waals surface area contributed by atoms with Crippen molar-refractivity contribution in [2.75, 3.05) is 24.6 Å². The van der Waals surface area contributed by atoms with Crippen LogP contribution in [-0.4, -0.2) is 39.3 Å². The predicted molar refractivity (Wildman–Crippen MR) is 108 cm³/mol. The van der Waals surface area contributed by atoms with E-state index in [-0.39, 0.29) is 6.10 Å². The van der Waals surface area contributed by atoms with Crippen LogP contribution in [0.3, 0.4) is 0 Å². The van der Waals surface area contributed by atoms with Crippen molar-refractivity contribution in [3.05, 3.63) is 78.1 Å². The van der Waals surface area contributed by atoms with Crippen LogP contribution in [0.5, 0.6) is 0 Å². The minimum absolute atomic E-state index is 0.0295. The summed E-state index contributed by atoms with van der Waals surface area (Å²) < 4.78 is 7.91. The van der Waals surface area contributed by atoms with Gasteiger partial charge in [-0.3, -0.25) is 0 Å². The van der Waals surface area contributed by atoms with E-state index < -0.39 is 0 Å². The van der Waals surface area contributed by atoms with Crippen LogP contribution in [-0.2, 0) is 4.74 Å². The number of fused-ring (bicyclic) bond motifs is 1. The van der Waals surface area contributed by atoms with Crippen molar-refractivity contribution in [1.29, 1.82) is 0 Å². The first-order chi connectivity index (χ1) is 13.8. The maximum atomic E-state index is 6.10. The Balaban J connectivity index is 1.55. The number of anilines is 1. The standard InChI is InChI=1S/C22H21N5O/c1-16-7-5-6-10-18(16)20-14-26(11-12-28-20)21-13-19(17-8-3-2-4-9-17)25-22-23-15-24-27(21)22/h2-10,13,15,20H,11-12,14H2,1H3. The molecule has 0 spiro atoms. The van der Waals surface area contributed by atoms with Gasteiger partial charge >= 0.3 is 0 Å². The van der Waals surface area contributed by atoms with Gasteiger partial charge in [0.2, 0.25) is 0 Å². The van der Waals surface area contributed by atoms with Gasteiger partial charge in [0.25, 0.3) is 5.78 Å². The molecule has 1 atom stereocenters. The van der Waals surface area contributed by atoms with Crippen molar-refractivity contribution in [3.63, 3.8) is 0 Å². The summed E-state index contributed by atoms with van der Waals surface area (Å²) in [5.41, 5.74) is 4.45. The molecule has 0 radical (unpaired) electrons. The first kappa shape index (κ1) is 16.9. The van der Waals surface area contributed by atoms with E-state index in [1.54, 1.807) is 6.33 Å². The van der Waals surface area contributed by atoms with Crippen LogP contribution in [0.1, 0.15) is 17.2 Å². The molecule has 3 heterocycles. The van der Waals surface area contributed by atoms with Gasteiger partial charge in [0.15, 0.2) is 0 Å². The van der Waals surface area contributed by atoms with Crippen molar-refractivity contribution < 1.29 is 4.74 Å². The van der Waals surface area contributed by atoms with Crippen molar-refractivity contribution in [2.45, 2.75) is 13.0 Å². The fourth-order valence-corrected chi connectivity index (χ4v) is 3.77. The van der Waals surface area contributed by atoms with E-state index >= 15 is 0 Å². The lowest BCUT2D eigenvalue weighted by Gasteiger charge is -2.35. The Morgan fingerprint density at radius 2 is 1.86 bits per heavy atom. The molecule has 1 saturated heterocycles. The first-order valence-electron chi connectivity index (χ1n) is 9.48. The molecule has 5 rings (SSSR count). The Morgan fingerprint density at radius 1 is 1.04 bits per heavy atom. The number of rotatable bonds is 3. The Bertz CT molecular complexity index is 1110. The highest BCUT2D eigenvalue weighted by Gasteiger charge is 2.25. The zero-order valence-electron chi connectivity index (χ0n) is 15.7. The Labute approximate surface area is 163 Å². The molecule has 0 aliphatic carbocycles. The average Bonchev–Trinajstić information content (AvgIpc) is 3.23. The fraction of sp³-hybridized carbons (Fsp3) is 0.227. The quantitative estimate of drug-likeness (QED) is 0.550. The van der Waals surface area contributed by atoms with E-state index in [2.05, 4.69) is 69.4 Å². The van der Waals surface area contributed by atoms with Crippen molar-refractivity contribution in [3.8, 4) is 11.3 Å². The van der Waals surface area contributed by atoms with Crippen LogP contribution in [0.4, 0.5) is 5.82 Å². The molecule has 2 aromatic heterocycles. The monoisotopic (exact) mass is 371 g/mol. The highest BCUT2D eigenvalue weighted by molar-refractivity contribution is 5.65. The lowest BCUT2D eigenvalue weighted by Crippen LogP contribution is -2.39. The van der Waals surface area contributed by atoms with Crippen molar-refractivity contribution in [1.82, 2.24) is 19.6 Å². The van der Waals surface area contributed by atoms with Gasteiger partial charge in [0, 0.05) is 24.7 Å². The van der Waals surface area contributed by atoms with Crippen LogP contribution in [0, 0.1) is 6.92 Å². The third-order valence-corrected chi connectivity index (χ3v) is 5.23. The smallest absolute Gasteiger partial charge is 0.254 e. The molecule has 6 nitrogen and oxygen atoms in total. The molecule has 6 heteroatoms. The molecule has 1 aliphatic heterocycles. The van der Waals surface area contributed by atoms with Gasteiger partial charge in [-0.1, -0.05) is 54.6 Å². The third kappa shape index (κ3) is 3.01. The topological polar surface area (TPSA) is 55.6 Å². The second kappa shape index (κ2) is 7.05. The largest absolute Gasteiger partial charge is 0.370 e. The lowest BCUT2D eigenvalue weighted by atomic mass is 10.0. The summed E-state index contributed by atoms with van der Waals surface area (Å²) in [5.74, 6) is 1.60. The molecule has 1 fully saturated rings. The number of benzene rings is 2. The summed E-state index contributed by atoms with van der Waals surface area (Å²) in [7, 11) is 0. The number of ether oxygens (including phenoxy) is 1. The van der Waals surface area contributed by atoms with Crippen LogP contribution in [0.2, 0.25) is 0 Å². The number of nitrogens with zero attached hydrogens (tertiary/aromatic N) is 5. The first-order valence-corrected chi connectivity index (χ1v) is 9.48. The van der Waals surface area contributed by atoms with Crippen molar-refractivity contribution >= 4 is 11.6 Å². The molecular formula is C22H21N5O. The third-order valence-electron chi connectivity index (χ3n) is 5.23. The molecule has 0 bridgehead atoms. The predicted octanol–water partition coefficient (Wildman–Crippen LogP) is 3.68. The second-order valence-corrected chi connectivity index (χ2v) is 7.00. The van der Waals surface area contributed by atoms with Gasteiger partial charge < -0.3 is 9.64 Å². The van der Waals surface area contributed by atoms with Crippen LogP contribution < -0.4 is 4.90 Å². The van der Waals surface area contributed by atoms with Gasteiger partial charge in [0.1, 0.15) is 18.2 Å². The summed E-state index contributed by atoms with van der Waals surface area (Å²) in [6.07, 6.45) is 1.58. The number of aryl methyl sites for hydroxylation is 1. The summed E-state index contributed by atoms with van der Waals surface area (Å²) in [5, 5.41) is 4.40. The van der Waals surface area contributed by atoms with Gasteiger partial charge in [-0.2, -0.15) is 14.6 Å². The molecule has 140 valence electrons. The van der Waals surface area contributed by atoms with Crippen LogP contribution in [0.15, 0.2) is 67.0 Å². The summed E-state index contributed by atoms with van der Waals surface area (Å²) >= 11 is 0. The number of hydrogen-bond acceptors (Lipinski definition) is 5. The van der Waals surface area contributed by atoms with E-state index in [4.69, 9.17) is 4.74 Å². The highest BCUT2D eigenvalue weighted by Crippen LogP contribution is 2.30. The molecule has 0 amide bonds. The van der Waals surface area contributed by atoms with Crippen molar-refractivity contribution in [2.24, 2.45) is 0 Å². The Hall–Kier alpha value is -3.25. The average molecular weight is 371 g/mol. The molecule has 0 N–H and O–H groups in total. The summed E-state index contributed by atoms with van der Waals surface area (Å²) in [6, 6.07) is 20.7. The summed E-state index contributed by atoms with van der Waals surface area (Å²) in [6.45, 7) is 4.36. The molecule has 0 saturated carbocycles. The molecule has 1 aliphatic rings. The minimum Gasteiger partial charge on any atom is -0.370 e. The van der Waals surface area contributed by atoms with Crippen LogP contribution >= 0.6 is 0 Å². The van der Waals surface area contributed by atoms with Crippen LogP contribution in [0.25, 0.3) is 17.0 Å². The Morgan fingerprint density at radius 3 is 2.71 bits per heavy atom. The molecule has 28 heavy (non-hydrogen) atoms. The maximum Gasteiger partial charge on any atom is 0.254 e. The minimum atomic E-state index is 0.0295. The molecule has 1 unspecified atom stereocenters. The van der Waals surface area contributed by atoms with Gasteiger partial charge in [-0.25, -0.2) is 4.98 Å². The van der Waals surface area contributed by atoms with E-state index in [1.165, 1.54) is 11.1 Å². The van der Waals surface area contributed by atoms with Gasteiger partial charge in [0.05, 0.1) is 12.3 Å². The maximum absolute atomic E-state index is 6.10. The normalized spacial score (nSPS) is 17.2. The SMILES string of the molecule is Cc1ccccc1C1CN(c2cc(-c3ccccc3)nc3ncnn23)CCO1. The molecule has 4 aromatic rings. The second-order valence-electron chi connectivity index (χ2n) is 7.00. The lowest BCUT2D eigenvalue weighted by molar-refractivity contribution is 0.0390. The van der Waals surface area contributed by atoms with E-state index in [9.17, 15) is 0 Å². The van der Waals surface area contributed by atoms with E-state index in [0.29, 0.717) is 12.4 Å². The van der Waals surface area contributed by atoms with E-state index in [0.717, 1.165) is 30.2 Å². The highest BCUT2D eigenvalue weighted by atomic mass is 16.5. The number of hydrogen-bond donors (Lipinski definition) is 0. The zero-order valence-corrected chi connectivity index (χ0v) is 15.7. The number of aromatic nitrogens is 4. The van der Waals surface area contributed by atoms with E-state index in [1.807, 2.05) is 22.7 Å². The zero-order chi connectivity index (χ0) is 18.9. The molecular weight excluding hydrogens is 350 g/mol. The Kier molecular flexibility index (Phi) is 4.25. The van der Waals surface area contributed by atoms with Gasteiger partial charge in [-0.05, 0) is 18.1 Å².